The van der Waals surface area contributed by atoms with Crippen LogP contribution in [0.15, 0.2) is 17.3 Å². The standard InChI is InChI=1S/C7H5Cl2F2NO2S/c8-3-5-4(6(10)11)1-2-12-7(5)15(9,13)14/h1-2,6H,3H2. The lowest BCUT2D eigenvalue weighted by molar-refractivity contribution is 0.150. The average molecular weight is 276 g/mol. The van der Waals surface area contributed by atoms with Gasteiger partial charge in [-0.25, -0.2) is 22.2 Å². The number of rotatable bonds is 3. The molecule has 0 radical (unpaired) electrons. The van der Waals surface area contributed by atoms with Crippen LogP contribution in [0, 0.1) is 0 Å². The van der Waals surface area contributed by atoms with Gasteiger partial charge in [-0.3, -0.25) is 0 Å². The predicted molar refractivity (Wildman–Crippen MR) is 51.8 cm³/mol. The molecule has 0 fully saturated rings. The maximum Gasteiger partial charge on any atom is 0.278 e. The minimum Gasteiger partial charge on any atom is -0.243 e. The molecule has 15 heavy (non-hydrogen) atoms. The van der Waals surface area contributed by atoms with Crippen LogP contribution in [-0.4, -0.2) is 13.4 Å². The van der Waals surface area contributed by atoms with Crippen molar-refractivity contribution < 1.29 is 17.2 Å². The monoisotopic (exact) mass is 275 g/mol. The molecular weight excluding hydrogens is 271 g/mol. The van der Waals surface area contributed by atoms with Crippen molar-refractivity contribution in [3.8, 4) is 0 Å². The van der Waals surface area contributed by atoms with Crippen molar-refractivity contribution in [1.82, 2.24) is 4.98 Å². The molecule has 0 spiro atoms. The Balaban J connectivity index is 3.49. The van der Waals surface area contributed by atoms with Gasteiger partial charge in [0.1, 0.15) is 0 Å². The van der Waals surface area contributed by atoms with E-state index in [4.69, 9.17) is 22.3 Å². The molecule has 0 unspecified atom stereocenters. The van der Waals surface area contributed by atoms with Crippen LogP contribution in [0.25, 0.3) is 0 Å². The number of hydrogen-bond acceptors (Lipinski definition) is 3. The highest BCUT2D eigenvalue weighted by Gasteiger charge is 2.23. The van der Waals surface area contributed by atoms with Crippen LogP contribution < -0.4 is 0 Å². The van der Waals surface area contributed by atoms with Crippen molar-refractivity contribution in [2.24, 2.45) is 0 Å². The quantitative estimate of drug-likeness (QED) is 0.630. The zero-order valence-corrected chi connectivity index (χ0v) is 9.45. The lowest BCUT2D eigenvalue weighted by Crippen LogP contribution is -2.04. The van der Waals surface area contributed by atoms with Crippen LogP contribution >= 0.6 is 22.3 Å². The Kier molecular flexibility index (Phi) is 3.86. The summed E-state index contributed by atoms with van der Waals surface area (Å²) in [5.74, 6) is -0.394. The number of halogens is 4. The van der Waals surface area contributed by atoms with Crippen LogP contribution in [0.2, 0.25) is 0 Å². The summed E-state index contributed by atoms with van der Waals surface area (Å²) in [6.07, 6.45) is -1.87. The van der Waals surface area contributed by atoms with Gasteiger partial charge in [0.25, 0.3) is 15.5 Å². The van der Waals surface area contributed by atoms with E-state index in [0.717, 1.165) is 12.3 Å². The average Bonchev–Trinajstić information content (AvgIpc) is 2.15. The third-order valence-corrected chi connectivity index (χ3v) is 3.17. The third-order valence-electron chi connectivity index (χ3n) is 1.65. The van der Waals surface area contributed by atoms with Crippen molar-refractivity contribution in [1.29, 1.82) is 0 Å². The van der Waals surface area contributed by atoms with Crippen LogP contribution in [0.1, 0.15) is 17.6 Å². The Morgan fingerprint density at radius 3 is 2.47 bits per heavy atom. The third kappa shape index (κ3) is 2.76. The lowest BCUT2D eigenvalue weighted by atomic mass is 10.2. The van der Waals surface area contributed by atoms with Gasteiger partial charge in [0.2, 0.25) is 0 Å². The first kappa shape index (κ1) is 12.6. The molecule has 3 nitrogen and oxygen atoms in total. The summed E-state index contributed by atoms with van der Waals surface area (Å²) >= 11 is 5.39. The minimum absolute atomic E-state index is 0.260. The summed E-state index contributed by atoms with van der Waals surface area (Å²) in [6, 6.07) is 1.01. The Morgan fingerprint density at radius 1 is 1.47 bits per heavy atom. The fraction of sp³-hybridized carbons (Fsp3) is 0.286. The van der Waals surface area contributed by atoms with Crippen LogP contribution in [0.4, 0.5) is 8.78 Å². The molecule has 0 bridgehead atoms. The largest absolute Gasteiger partial charge is 0.278 e. The molecular formula is C7H5Cl2F2NO2S. The van der Waals surface area contributed by atoms with Crippen LogP contribution in [0.3, 0.4) is 0 Å². The molecule has 1 rings (SSSR count). The van der Waals surface area contributed by atoms with Crippen molar-refractivity contribution in [2.75, 3.05) is 0 Å². The van der Waals surface area contributed by atoms with E-state index in [1.54, 1.807) is 0 Å². The molecule has 1 heterocycles. The number of aromatic nitrogens is 1. The van der Waals surface area contributed by atoms with E-state index in [1.165, 1.54) is 0 Å². The summed E-state index contributed by atoms with van der Waals surface area (Å²) in [7, 11) is 0.867. The molecule has 8 heteroatoms. The first-order valence-corrected chi connectivity index (χ1v) is 6.49. The van der Waals surface area contributed by atoms with Gasteiger partial charge >= 0.3 is 0 Å². The highest BCUT2D eigenvalue weighted by atomic mass is 35.7. The number of hydrogen-bond donors (Lipinski definition) is 0. The summed E-state index contributed by atoms with van der Waals surface area (Å²) in [5, 5.41) is -0.614. The molecule has 0 saturated heterocycles. The Labute approximate surface area is 94.4 Å². The van der Waals surface area contributed by atoms with Gasteiger partial charge < -0.3 is 0 Å². The maximum absolute atomic E-state index is 12.5. The normalized spacial score (nSPS) is 12.1. The molecule has 0 saturated carbocycles. The minimum atomic E-state index is -4.16. The van der Waals surface area contributed by atoms with Crippen molar-refractivity contribution in [3.63, 3.8) is 0 Å². The maximum atomic E-state index is 12.5. The number of pyridine rings is 1. The van der Waals surface area contributed by atoms with Crippen molar-refractivity contribution in [2.45, 2.75) is 17.3 Å². The Morgan fingerprint density at radius 2 is 2.07 bits per heavy atom. The predicted octanol–water partition coefficient (Wildman–Crippen LogP) is 2.69. The second kappa shape index (κ2) is 4.59. The smallest absolute Gasteiger partial charge is 0.243 e. The van der Waals surface area contributed by atoms with Gasteiger partial charge in [0, 0.05) is 28.0 Å². The highest BCUT2D eigenvalue weighted by molar-refractivity contribution is 8.13. The molecule has 0 N–H and O–H groups in total. The van der Waals surface area contributed by atoms with E-state index in [2.05, 4.69) is 4.98 Å². The first-order valence-electron chi connectivity index (χ1n) is 3.64. The summed E-state index contributed by atoms with van der Waals surface area (Å²) in [6.45, 7) is 0. The van der Waals surface area contributed by atoms with Gasteiger partial charge in [-0.2, -0.15) is 0 Å². The van der Waals surface area contributed by atoms with Gasteiger partial charge in [-0.1, -0.05) is 0 Å². The molecule has 0 aliphatic heterocycles. The Hall–Kier alpha value is -0.460. The summed E-state index contributed by atoms with van der Waals surface area (Å²) in [4.78, 5) is 3.43. The van der Waals surface area contributed by atoms with E-state index in [9.17, 15) is 17.2 Å². The summed E-state index contributed by atoms with van der Waals surface area (Å²) < 4.78 is 46.9. The zero-order chi connectivity index (χ0) is 11.6. The molecule has 0 atom stereocenters. The first-order chi connectivity index (χ1) is 6.88. The van der Waals surface area contributed by atoms with E-state index in [0.29, 0.717) is 0 Å². The molecule has 0 aliphatic carbocycles. The van der Waals surface area contributed by atoms with E-state index < -0.39 is 31.9 Å². The SMILES string of the molecule is O=S(=O)(Cl)c1nccc(C(F)F)c1CCl. The van der Waals surface area contributed by atoms with E-state index >= 15 is 0 Å². The zero-order valence-electron chi connectivity index (χ0n) is 7.12. The molecule has 0 aromatic carbocycles. The highest BCUT2D eigenvalue weighted by Crippen LogP contribution is 2.29. The number of alkyl halides is 3. The van der Waals surface area contributed by atoms with Gasteiger partial charge in [-0.15, -0.1) is 11.6 Å². The fourth-order valence-corrected chi connectivity index (χ4v) is 2.47. The number of nitrogens with zero attached hydrogens (tertiary/aromatic N) is 1. The summed E-state index contributed by atoms with van der Waals surface area (Å²) in [5.41, 5.74) is -0.733. The second-order valence-corrected chi connectivity index (χ2v) is 5.30. The molecule has 1 aromatic rings. The molecule has 0 aliphatic rings. The molecule has 1 aromatic heterocycles. The van der Waals surface area contributed by atoms with Crippen LogP contribution in [0.5, 0.6) is 0 Å². The fourth-order valence-electron chi connectivity index (χ4n) is 1.04. The second-order valence-electron chi connectivity index (χ2n) is 2.56. The lowest BCUT2D eigenvalue weighted by Gasteiger charge is -2.08. The van der Waals surface area contributed by atoms with Gasteiger partial charge in [-0.05, 0) is 6.07 Å². The van der Waals surface area contributed by atoms with E-state index in [-0.39, 0.29) is 5.56 Å². The van der Waals surface area contributed by atoms with E-state index in [1.807, 2.05) is 0 Å². The van der Waals surface area contributed by atoms with Gasteiger partial charge in [0.05, 0.1) is 5.88 Å². The van der Waals surface area contributed by atoms with Gasteiger partial charge in [0.15, 0.2) is 5.03 Å². The Bertz CT molecular complexity index is 464. The molecule has 84 valence electrons. The topological polar surface area (TPSA) is 47.0 Å². The molecule has 0 amide bonds. The van der Waals surface area contributed by atoms with Crippen LogP contribution in [-0.2, 0) is 14.9 Å². The van der Waals surface area contributed by atoms with Crippen molar-refractivity contribution in [3.05, 3.63) is 23.4 Å². The van der Waals surface area contributed by atoms with Crippen molar-refractivity contribution >= 4 is 31.3 Å².